The van der Waals surface area contributed by atoms with E-state index in [4.69, 9.17) is 14.0 Å². The van der Waals surface area contributed by atoms with Crippen molar-refractivity contribution in [3.05, 3.63) is 24.3 Å². The Morgan fingerprint density at radius 2 is 2.18 bits per heavy atom. The molecule has 0 saturated carbocycles. The predicted molar refractivity (Wildman–Crippen MR) is 74.8 cm³/mol. The molecule has 22 heavy (non-hydrogen) atoms. The molecule has 0 saturated heterocycles. The molecule has 8 heteroatoms. The first kappa shape index (κ1) is 15.7. The number of carbonyl (C=O) groups excluding carboxylic acids is 1. The number of aryl methyl sites for hydroxylation is 1. The molecule has 0 unspecified atom stereocenters. The fourth-order valence-corrected chi connectivity index (χ4v) is 1.92. The van der Waals surface area contributed by atoms with E-state index in [9.17, 15) is 9.59 Å². The number of carbonyl (C=O) groups is 2. The number of carboxylic acids is 1. The lowest BCUT2D eigenvalue weighted by Crippen LogP contribution is -2.40. The first-order chi connectivity index (χ1) is 10.5. The van der Waals surface area contributed by atoms with E-state index in [1.54, 1.807) is 26.0 Å². The highest BCUT2D eigenvalue weighted by molar-refractivity contribution is 5.81. The molecule has 0 fully saturated rings. The zero-order valence-corrected chi connectivity index (χ0v) is 12.4. The van der Waals surface area contributed by atoms with E-state index in [-0.39, 0.29) is 31.3 Å². The van der Waals surface area contributed by atoms with Crippen molar-refractivity contribution in [1.82, 2.24) is 15.0 Å². The highest BCUT2D eigenvalue weighted by Crippen LogP contribution is 2.16. The molecule has 0 atom stereocenters. The molecule has 2 rings (SSSR count). The Labute approximate surface area is 126 Å². The standard InChI is InChI=1S/C14H17N3O5/c1-9(2)17(8-13(19)20)12(18)6-5-11-15-14(16-22-11)10-4-3-7-21-10/h3-4,7,9H,5-6,8H2,1-2H3,(H,19,20). The molecule has 0 aliphatic carbocycles. The SMILES string of the molecule is CC(C)N(CC(=O)O)C(=O)CCc1nc(-c2ccco2)no1. The zero-order chi connectivity index (χ0) is 16.1. The summed E-state index contributed by atoms with van der Waals surface area (Å²) in [6, 6.07) is 3.22. The number of hydrogen-bond donors (Lipinski definition) is 1. The van der Waals surface area contributed by atoms with E-state index in [1.807, 2.05) is 0 Å². The van der Waals surface area contributed by atoms with Gasteiger partial charge < -0.3 is 18.9 Å². The van der Waals surface area contributed by atoms with E-state index in [1.165, 1.54) is 11.2 Å². The number of aliphatic carboxylic acids is 1. The summed E-state index contributed by atoms with van der Waals surface area (Å²) in [4.78, 5) is 28.3. The normalized spacial score (nSPS) is 10.9. The number of nitrogens with zero attached hydrogens (tertiary/aromatic N) is 3. The Bertz CT molecular complexity index is 633. The topological polar surface area (TPSA) is 110 Å². The fourth-order valence-electron chi connectivity index (χ4n) is 1.92. The predicted octanol–water partition coefficient (Wildman–Crippen LogP) is 1.58. The van der Waals surface area contributed by atoms with Crippen LogP contribution in [0.25, 0.3) is 11.6 Å². The maximum Gasteiger partial charge on any atom is 0.323 e. The molecular formula is C14H17N3O5. The summed E-state index contributed by atoms with van der Waals surface area (Å²) in [5.41, 5.74) is 0. The van der Waals surface area contributed by atoms with Crippen LogP contribution in [-0.4, -0.2) is 44.6 Å². The van der Waals surface area contributed by atoms with Crippen molar-refractivity contribution in [2.45, 2.75) is 32.7 Å². The van der Waals surface area contributed by atoms with Crippen molar-refractivity contribution >= 4 is 11.9 Å². The summed E-state index contributed by atoms with van der Waals surface area (Å²) in [6.07, 6.45) is 1.85. The van der Waals surface area contributed by atoms with Crippen LogP contribution in [0.5, 0.6) is 0 Å². The van der Waals surface area contributed by atoms with Crippen molar-refractivity contribution in [3.63, 3.8) is 0 Å². The van der Waals surface area contributed by atoms with Crippen LogP contribution in [0.4, 0.5) is 0 Å². The quantitative estimate of drug-likeness (QED) is 0.826. The number of furan rings is 1. The number of amides is 1. The third kappa shape index (κ3) is 3.94. The molecule has 0 bridgehead atoms. The zero-order valence-electron chi connectivity index (χ0n) is 12.4. The van der Waals surface area contributed by atoms with Gasteiger partial charge in [-0.25, -0.2) is 0 Å². The van der Waals surface area contributed by atoms with Crippen LogP contribution in [0.15, 0.2) is 27.3 Å². The average molecular weight is 307 g/mol. The summed E-state index contributed by atoms with van der Waals surface area (Å²) >= 11 is 0. The minimum atomic E-state index is -1.04. The number of carboxylic acid groups (broad SMARTS) is 1. The average Bonchev–Trinajstić information content (AvgIpc) is 3.11. The molecule has 8 nitrogen and oxygen atoms in total. The third-order valence-electron chi connectivity index (χ3n) is 3.01. The van der Waals surface area contributed by atoms with E-state index in [0.29, 0.717) is 17.5 Å². The lowest BCUT2D eigenvalue weighted by atomic mass is 10.2. The summed E-state index contributed by atoms with van der Waals surface area (Å²) in [5, 5.41) is 12.6. The molecule has 0 spiro atoms. The molecule has 2 heterocycles. The molecule has 0 aromatic carbocycles. The van der Waals surface area contributed by atoms with Gasteiger partial charge in [-0.1, -0.05) is 5.16 Å². The van der Waals surface area contributed by atoms with Gasteiger partial charge in [0.2, 0.25) is 17.6 Å². The fraction of sp³-hybridized carbons (Fsp3) is 0.429. The summed E-state index contributed by atoms with van der Waals surface area (Å²) < 4.78 is 10.2. The van der Waals surface area contributed by atoms with E-state index in [0.717, 1.165) is 0 Å². The maximum absolute atomic E-state index is 12.1. The van der Waals surface area contributed by atoms with Crippen LogP contribution in [0.3, 0.4) is 0 Å². The van der Waals surface area contributed by atoms with Crippen molar-refractivity contribution in [1.29, 1.82) is 0 Å². The lowest BCUT2D eigenvalue weighted by molar-refractivity contribution is -0.145. The molecule has 0 aliphatic rings. The highest BCUT2D eigenvalue weighted by Gasteiger charge is 2.20. The van der Waals surface area contributed by atoms with Gasteiger partial charge in [0.1, 0.15) is 6.54 Å². The van der Waals surface area contributed by atoms with Crippen molar-refractivity contribution in [3.8, 4) is 11.6 Å². The van der Waals surface area contributed by atoms with Crippen molar-refractivity contribution < 1.29 is 23.6 Å². The van der Waals surface area contributed by atoms with Crippen molar-refractivity contribution in [2.24, 2.45) is 0 Å². The number of aromatic nitrogens is 2. The van der Waals surface area contributed by atoms with Gasteiger partial charge >= 0.3 is 5.97 Å². The highest BCUT2D eigenvalue weighted by atomic mass is 16.5. The molecule has 1 N–H and O–H groups in total. The first-order valence-electron chi connectivity index (χ1n) is 6.85. The van der Waals surface area contributed by atoms with Crippen LogP contribution >= 0.6 is 0 Å². The van der Waals surface area contributed by atoms with E-state index >= 15 is 0 Å². The molecule has 2 aromatic rings. The van der Waals surface area contributed by atoms with Crippen LogP contribution in [0.1, 0.15) is 26.2 Å². The Balaban J connectivity index is 1.94. The summed E-state index contributed by atoms with van der Waals surface area (Å²) in [6.45, 7) is 3.21. The van der Waals surface area contributed by atoms with Gasteiger partial charge in [-0.15, -0.1) is 0 Å². The largest absolute Gasteiger partial charge is 0.480 e. The van der Waals surface area contributed by atoms with Gasteiger partial charge in [0.15, 0.2) is 5.76 Å². The van der Waals surface area contributed by atoms with Crippen molar-refractivity contribution in [2.75, 3.05) is 6.54 Å². The Hall–Kier alpha value is -2.64. The molecule has 0 aliphatic heterocycles. The second-order valence-electron chi connectivity index (χ2n) is 5.00. The second kappa shape index (κ2) is 6.88. The Morgan fingerprint density at radius 3 is 2.77 bits per heavy atom. The molecule has 1 amide bonds. The molecule has 2 aromatic heterocycles. The minimum Gasteiger partial charge on any atom is -0.480 e. The number of hydrogen-bond acceptors (Lipinski definition) is 6. The smallest absolute Gasteiger partial charge is 0.323 e. The Kier molecular flexibility index (Phi) is 4.92. The van der Waals surface area contributed by atoms with Crippen LogP contribution in [-0.2, 0) is 16.0 Å². The maximum atomic E-state index is 12.1. The van der Waals surface area contributed by atoms with E-state index < -0.39 is 5.97 Å². The van der Waals surface area contributed by atoms with Gasteiger partial charge in [-0.3, -0.25) is 9.59 Å². The van der Waals surface area contributed by atoms with Gasteiger partial charge in [-0.2, -0.15) is 4.98 Å². The van der Waals surface area contributed by atoms with Gasteiger partial charge in [-0.05, 0) is 26.0 Å². The van der Waals surface area contributed by atoms with Gasteiger partial charge in [0.25, 0.3) is 0 Å². The van der Waals surface area contributed by atoms with Gasteiger partial charge in [0, 0.05) is 18.9 Å². The number of rotatable bonds is 7. The van der Waals surface area contributed by atoms with E-state index in [2.05, 4.69) is 10.1 Å². The van der Waals surface area contributed by atoms with Crippen LogP contribution < -0.4 is 0 Å². The second-order valence-corrected chi connectivity index (χ2v) is 5.00. The summed E-state index contributed by atoms with van der Waals surface area (Å²) in [7, 11) is 0. The molecule has 0 radical (unpaired) electrons. The monoisotopic (exact) mass is 307 g/mol. The van der Waals surface area contributed by atoms with Gasteiger partial charge in [0.05, 0.1) is 6.26 Å². The van der Waals surface area contributed by atoms with Crippen LogP contribution in [0.2, 0.25) is 0 Å². The lowest BCUT2D eigenvalue weighted by Gasteiger charge is -2.24. The molecule has 118 valence electrons. The third-order valence-corrected chi connectivity index (χ3v) is 3.01. The first-order valence-corrected chi connectivity index (χ1v) is 6.85. The minimum absolute atomic E-state index is 0.102. The van der Waals surface area contributed by atoms with Crippen LogP contribution in [0, 0.1) is 0 Å². The Morgan fingerprint density at radius 1 is 1.41 bits per heavy atom. The molecular weight excluding hydrogens is 290 g/mol. The summed E-state index contributed by atoms with van der Waals surface area (Å²) in [5.74, 6) is -0.205.